The summed E-state index contributed by atoms with van der Waals surface area (Å²) in [5.41, 5.74) is 8.07. The van der Waals surface area contributed by atoms with E-state index in [2.05, 4.69) is 170 Å². The number of hydrogen-bond acceptors (Lipinski definition) is 2. The molecule has 2 saturated heterocycles. The molecule has 5 fully saturated rings. The van der Waals surface area contributed by atoms with Crippen LogP contribution in [0.15, 0.2) is 72.8 Å². The smallest absolute Gasteiger partial charge is 0.0887 e. The summed E-state index contributed by atoms with van der Waals surface area (Å²) in [6, 6.07) is 25.3. The van der Waals surface area contributed by atoms with E-state index in [-0.39, 0.29) is 0 Å². The summed E-state index contributed by atoms with van der Waals surface area (Å²) in [6.07, 6.45) is 24.4. The first-order valence-corrected chi connectivity index (χ1v) is 26.0. The lowest BCUT2D eigenvalue weighted by atomic mass is 9.79. The molecule has 0 bridgehead atoms. The predicted octanol–water partition coefficient (Wildman–Crippen LogP) is 18.0. The van der Waals surface area contributed by atoms with Crippen molar-refractivity contribution < 1.29 is 9.47 Å². The maximum Gasteiger partial charge on any atom is 0.0887 e. The van der Waals surface area contributed by atoms with Crippen LogP contribution in [0.5, 0.6) is 0 Å². The maximum atomic E-state index is 5.58. The Kier molecular flexibility index (Phi) is 29.0. The summed E-state index contributed by atoms with van der Waals surface area (Å²) in [5.74, 6) is 7.53. The molecule has 0 aromatic heterocycles. The number of ether oxygens (including phenoxy) is 2. The fourth-order valence-corrected chi connectivity index (χ4v) is 9.61. The fourth-order valence-electron chi connectivity index (χ4n) is 9.61. The van der Waals surface area contributed by atoms with Crippen molar-refractivity contribution in [1.29, 1.82) is 0 Å². The first-order valence-electron chi connectivity index (χ1n) is 26.0. The Bertz CT molecular complexity index is 1400. The van der Waals surface area contributed by atoms with E-state index in [9.17, 15) is 0 Å². The average Bonchev–Trinajstić information content (AvgIpc) is 3.86. The molecular formula is C60H100O2. The highest BCUT2D eigenvalue weighted by Crippen LogP contribution is 2.35. The van der Waals surface area contributed by atoms with Crippen LogP contribution in [0, 0.1) is 88.9 Å². The van der Waals surface area contributed by atoms with E-state index >= 15 is 0 Å². The standard InChI is InChI=1S/2C10H20.C8H14O2.C8H16.3C8H10/c1-3-9-5-7-10(4-2)8-6-9;1-3-9-6-5-7-10(4-2)8-9;1-5-3-9-8-6(2)4-10-7(5)8;2*1-7-3-5-8(2)6-4-7;1-7-4-3-5-8(2)6-7;1-7-5-3-4-6-8(7)2/h2*9-10H,3-8H2,1-2H3;5-8H,3-4H2,1-2H3;7-8H,3-6H2,1-2H3;3*3-6H,1-2H3. The first-order chi connectivity index (χ1) is 29.7. The largest absolute Gasteiger partial charge is 0.375 e. The third-order valence-electron chi connectivity index (χ3n) is 14.8. The van der Waals surface area contributed by atoms with Gasteiger partial charge in [-0.1, -0.05) is 247 Å². The van der Waals surface area contributed by atoms with Crippen LogP contribution in [0.3, 0.4) is 0 Å². The summed E-state index contributed by atoms with van der Waals surface area (Å²) in [7, 11) is 0. The van der Waals surface area contributed by atoms with Crippen LogP contribution in [-0.2, 0) is 9.47 Å². The molecular weight excluding hydrogens is 753 g/mol. The van der Waals surface area contributed by atoms with E-state index in [1.807, 2.05) is 0 Å². The van der Waals surface area contributed by atoms with E-state index < -0.39 is 0 Å². The van der Waals surface area contributed by atoms with Gasteiger partial charge in [-0.25, -0.2) is 0 Å². The van der Waals surface area contributed by atoms with Crippen LogP contribution >= 0.6 is 0 Å². The van der Waals surface area contributed by atoms with Crippen molar-refractivity contribution in [3.05, 3.63) is 106 Å². The highest BCUT2D eigenvalue weighted by atomic mass is 16.6. The number of hydrogen-bond donors (Lipinski definition) is 0. The first kappa shape index (κ1) is 55.7. The Morgan fingerprint density at radius 2 is 0.758 bits per heavy atom. The van der Waals surface area contributed by atoms with Gasteiger partial charge < -0.3 is 9.47 Å². The maximum absolute atomic E-state index is 5.58. The molecule has 5 aliphatic rings. The molecule has 3 saturated carbocycles. The van der Waals surface area contributed by atoms with E-state index in [1.165, 1.54) is 136 Å². The van der Waals surface area contributed by atoms with Crippen LogP contribution in [0.1, 0.15) is 192 Å². The Labute approximate surface area is 386 Å². The van der Waals surface area contributed by atoms with Gasteiger partial charge in [0.25, 0.3) is 0 Å². The lowest BCUT2D eigenvalue weighted by Crippen LogP contribution is -2.23. The van der Waals surface area contributed by atoms with Gasteiger partial charge in [0, 0.05) is 11.8 Å². The molecule has 0 N–H and O–H groups in total. The van der Waals surface area contributed by atoms with Crippen LogP contribution in [0.2, 0.25) is 0 Å². The van der Waals surface area contributed by atoms with E-state index in [4.69, 9.17) is 9.47 Å². The molecule has 2 nitrogen and oxygen atoms in total. The van der Waals surface area contributed by atoms with Crippen LogP contribution in [-0.4, -0.2) is 25.4 Å². The molecule has 0 spiro atoms. The second-order valence-corrected chi connectivity index (χ2v) is 20.7. The Morgan fingerprint density at radius 1 is 0.403 bits per heavy atom. The van der Waals surface area contributed by atoms with Crippen LogP contribution in [0.25, 0.3) is 0 Å². The number of benzene rings is 3. The van der Waals surface area contributed by atoms with Gasteiger partial charge in [0.2, 0.25) is 0 Å². The van der Waals surface area contributed by atoms with E-state index in [0.717, 1.165) is 48.7 Å². The van der Waals surface area contributed by atoms with Crippen LogP contribution in [0.4, 0.5) is 0 Å². The molecule has 3 aliphatic carbocycles. The zero-order chi connectivity index (χ0) is 45.9. The van der Waals surface area contributed by atoms with Gasteiger partial charge in [-0.3, -0.25) is 0 Å². The molecule has 352 valence electrons. The number of fused-ring (bicyclic) bond motifs is 1. The third kappa shape index (κ3) is 23.5. The monoisotopic (exact) mass is 853 g/mol. The molecule has 62 heavy (non-hydrogen) atoms. The predicted molar refractivity (Wildman–Crippen MR) is 274 cm³/mol. The zero-order valence-electron chi connectivity index (χ0n) is 43.2. The molecule has 6 atom stereocenters. The lowest BCUT2D eigenvalue weighted by Gasteiger charge is -2.27. The lowest BCUT2D eigenvalue weighted by molar-refractivity contribution is 0.0627. The molecule has 0 radical (unpaired) electrons. The summed E-state index contributed by atoms with van der Waals surface area (Å²) < 4.78 is 11.2. The zero-order valence-corrected chi connectivity index (χ0v) is 43.2. The van der Waals surface area contributed by atoms with Crippen molar-refractivity contribution in [3.8, 4) is 0 Å². The average molecular weight is 853 g/mol. The van der Waals surface area contributed by atoms with Gasteiger partial charge in [-0.2, -0.15) is 0 Å². The van der Waals surface area contributed by atoms with Gasteiger partial charge in [-0.05, 0) is 94.6 Å². The topological polar surface area (TPSA) is 18.5 Å². The third-order valence-corrected chi connectivity index (χ3v) is 14.8. The van der Waals surface area contributed by atoms with Crippen molar-refractivity contribution in [2.24, 2.45) is 47.3 Å². The molecule has 3 aromatic rings. The summed E-state index contributed by atoms with van der Waals surface area (Å²) >= 11 is 0. The number of aryl methyl sites for hydroxylation is 6. The van der Waals surface area contributed by atoms with Crippen molar-refractivity contribution in [1.82, 2.24) is 0 Å². The second-order valence-electron chi connectivity index (χ2n) is 20.7. The van der Waals surface area contributed by atoms with Crippen molar-refractivity contribution >= 4 is 0 Å². The SMILES string of the molecule is CC1CCC(C)CC1.CC1COC2C(C)COC12.CCC1CCC(CC)CC1.CCC1CCCC(CC)C1.Cc1ccc(C)cc1.Cc1cccc(C)c1.Cc1ccccc1C. The van der Waals surface area contributed by atoms with E-state index in [1.54, 1.807) is 0 Å². The minimum absolute atomic E-state index is 0.398. The summed E-state index contributed by atoms with van der Waals surface area (Å²) in [6.45, 7) is 32.9. The Morgan fingerprint density at radius 3 is 1.05 bits per heavy atom. The number of rotatable bonds is 4. The van der Waals surface area contributed by atoms with Crippen LogP contribution < -0.4 is 0 Å². The molecule has 8 rings (SSSR count). The molecule has 6 unspecified atom stereocenters. The van der Waals surface area contributed by atoms with E-state index in [0.29, 0.717) is 24.0 Å². The Balaban J connectivity index is 0.000000250. The molecule has 2 heterocycles. The van der Waals surface area contributed by atoms with Crippen molar-refractivity contribution in [2.45, 2.75) is 212 Å². The van der Waals surface area contributed by atoms with Gasteiger partial charge >= 0.3 is 0 Å². The normalized spacial score (nSPS) is 28.4. The fraction of sp³-hybridized carbons (Fsp3) is 0.700. The summed E-state index contributed by atoms with van der Waals surface area (Å²) in [4.78, 5) is 0. The molecule has 2 heteroatoms. The highest BCUT2D eigenvalue weighted by Gasteiger charge is 2.43. The quantitative estimate of drug-likeness (QED) is 0.260. The molecule has 0 amide bonds. The molecule has 3 aromatic carbocycles. The Hall–Kier alpha value is -2.42. The minimum Gasteiger partial charge on any atom is -0.375 e. The van der Waals surface area contributed by atoms with Gasteiger partial charge in [-0.15, -0.1) is 0 Å². The van der Waals surface area contributed by atoms with Crippen molar-refractivity contribution in [3.63, 3.8) is 0 Å². The van der Waals surface area contributed by atoms with Crippen molar-refractivity contribution in [2.75, 3.05) is 13.2 Å². The van der Waals surface area contributed by atoms with Gasteiger partial charge in [0.05, 0.1) is 25.4 Å². The van der Waals surface area contributed by atoms with Gasteiger partial charge in [0.15, 0.2) is 0 Å². The minimum atomic E-state index is 0.398. The van der Waals surface area contributed by atoms with Gasteiger partial charge in [0.1, 0.15) is 0 Å². The second kappa shape index (κ2) is 32.3. The molecule has 2 aliphatic heterocycles. The summed E-state index contributed by atoms with van der Waals surface area (Å²) in [5, 5.41) is 0. The highest BCUT2D eigenvalue weighted by molar-refractivity contribution is 5.23.